The number of anilines is 1. The van der Waals surface area contributed by atoms with Crippen molar-refractivity contribution in [2.24, 2.45) is 10.2 Å². The molecule has 3 rings (SSSR count). The third kappa shape index (κ3) is 5.51. The van der Waals surface area contributed by atoms with E-state index < -0.39 is 5.66 Å². The van der Waals surface area contributed by atoms with Crippen molar-refractivity contribution >= 4 is 11.6 Å². The van der Waals surface area contributed by atoms with E-state index in [-0.39, 0.29) is 11.7 Å². The van der Waals surface area contributed by atoms with Gasteiger partial charge in [-0.15, -0.1) is 12.3 Å². The lowest BCUT2D eigenvalue weighted by Gasteiger charge is -2.34. The van der Waals surface area contributed by atoms with Crippen LogP contribution in [0.4, 0.5) is 10.1 Å². The van der Waals surface area contributed by atoms with E-state index in [1.54, 1.807) is 6.07 Å². The Morgan fingerprint density at radius 1 is 1.26 bits per heavy atom. The van der Waals surface area contributed by atoms with Gasteiger partial charge < -0.3 is 15.1 Å². The van der Waals surface area contributed by atoms with Crippen LogP contribution in [-0.4, -0.2) is 49.7 Å². The highest BCUT2D eigenvalue weighted by atomic mass is 19.1. The van der Waals surface area contributed by atoms with E-state index in [2.05, 4.69) is 38.3 Å². The van der Waals surface area contributed by atoms with E-state index in [9.17, 15) is 9.18 Å². The highest BCUT2D eigenvalue weighted by molar-refractivity contribution is 5.76. The molecule has 0 saturated carbocycles. The Hall–Kier alpha value is -2.46. The number of hydrogen-bond acceptors (Lipinski definition) is 5. The topological polar surface area (TPSA) is 60.3 Å². The highest BCUT2D eigenvalue weighted by Crippen LogP contribution is 2.37. The van der Waals surface area contributed by atoms with Crippen LogP contribution in [0.25, 0.3) is 0 Å². The predicted octanol–water partition coefficient (Wildman–Crippen LogP) is 2.55. The van der Waals surface area contributed by atoms with Gasteiger partial charge in [-0.2, -0.15) is 10.2 Å². The Morgan fingerprint density at radius 2 is 2.00 bits per heavy atom. The molecule has 7 heteroatoms. The van der Waals surface area contributed by atoms with Crippen LogP contribution < -0.4 is 10.2 Å². The number of nitrogens with one attached hydrogen (secondary N) is 1. The molecule has 2 aliphatic rings. The summed E-state index contributed by atoms with van der Waals surface area (Å²) in [4.78, 5) is 16.6. The number of carbonyl (C=O) groups excluding carboxylic acids is 1. The van der Waals surface area contributed by atoms with Crippen LogP contribution in [0.15, 0.2) is 28.4 Å². The number of piperazine rings is 1. The molecule has 1 fully saturated rings. The number of amides is 1. The van der Waals surface area contributed by atoms with Gasteiger partial charge in [0, 0.05) is 64.1 Å². The van der Waals surface area contributed by atoms with Gasteiger partial charge in [0.2, 0.25) is 5.91 Å². The fourth-order valence-corrected chi connectivity index (χ4v) is 3.25. The largest absolute Gasteiger partial charge is 0.369 e. The molecule has 0 aromatic heterocycles. The minimum absolute atomic E-state index is 0.0854. The Labute approximate surface area is 159 Å². The van der Waals surface area contributed by atoms with Gasteiger partial charge in [-0.1, -0.05) is 0 Å². The maximum absolute atomic E-state index is 14.0. The van der Waals surface area contributed by atoms with Crippen molar-refractivity contribution in [1.29, 1.82) is 0 Å². The number of nitrogens with zero attached hydrogens (tertiary/aromatic N) is 4. The molecule has 2 aliphatic heterocycles. The first kappa shape index (κ1) is 19.3. The second-order valence-corrected chi connectivity index (χ2v) is 7.27. The third-order valence-corrected chi connectivity index (χ3v) is 5.11. The SMILES string of the molecule is C#CCCC1(CCC(=O)NCc2cc(F)cc(N3CCN(C)CC3)c2)N=N1. The fraction of sp³-hybridized carbons (Fsp3) is 0.550. The van der Waals surface area contributed by atoms with Crippen molar-refractivity contribution in [3.05, 3.63) is 29.6 Å². The van der Waals surface area contributed by atoms with Crippen LogP contribution in [0.3, 0.4) is 0 Å². The molecule has 0 aliphatic carbocycles. The zero-order valence-electron chi connectivity index (χ0n) is 15.7. The molecule has 0 radical (unpaired) electrons. The van der Waals surface area contributed by atoms with E-state index >= 15 is 0 Å². The molecule has 144 valence electrons. The molecule has 1 N–H and O–H groups in total. The number of carbonyl (C=O) groups is 1. The van der Waals surface area contributed by atoms with E-state index in [4.69, 9.17) is 6.42 Å². The number of rotatable bonds is 8. The van der Waals surface area contributed by atoms with Crippen LogP contribution in [0, 0.1) is 18.2 Å². The molecule has 2 heterocycles. The maximum atomic E-state index is 14.0. The number of halogens is 1. The molecule has 1 saturated heterocycles. The average molecular weight is 371 g/mol. The van der Waals surface area contributed by atoms with Gasteiger partial charge in [0.25, 0.3) is 0 Å². The summed E-state index contributed by atoms with van der Waals surface area (Å²) in [7, 11) is 2.09. The molecule has 1 aromatic carbocycles. The number of terminal acetylenes is 1. The number of likely N-dealkylation sites (N-methyl/N-ethyl adjacent to an activating group) is 1. The van der Waals surface area contributed by atoms with Crippen LogP contribution in [0.1, 0.15) is 31.2 Å². The minimum atomic E-state index is -0.447. The van der Waals surface area contributed by atoms with E-state index in [0.29, 0.717) is 32.2 Å². The Morgan fingerprint density at radius 3 is 2.67 bits per heavy atom. The Kier molecular flexibility index (Phi) is 6.07. The van der Waals surface area contributed by atoms with Gasteiger partial charge in [-0.3, -0.25) is 4.79 Å². The van der Waals surface area contributed by atoms with Crippen molar-refractivity contribution in [3.8, 4) is 12.3 Å². The van der Waals surface area contributed by atoms with Crippen LogP contribution >= 0.6 is 0 Å². The zero-order valence-corrected chi connectivity index (χ0v) is 15.7. The second-order valence-electron chi connectivity index (χ2n) is 7.27. The molecule has 0 atom stereocenters. The summed E-state index contributed by atoms with van der Waals surface area (Å²) >= 11 is 0. The van der Waals surface area contributed by atoms with E-state index in [1.807, 2.05) is 6.07 Å². The molecule has 0 bridgehead atoms. The highest BCUT2D eigenvalue weighted by Gasteiger charge is 2.39. The Bertz CT molecular complexity index is 743. The lowest BCUT2D eigenvalue weighted by atomic mass is 10.0. The van der Waals surface area contributed by atoms with Crippen molar-refractivity contribution in [1.82, 2.24) is 10.2 Å². The van der Waals surface area contributed by atoms with Gasteiger partial charge in [-0.05, 0) is 30.8 Å². The van der Waals surface area contributed by atoms with Crippen LogP contribution in [-0.2, 0) is 11.3 Å². The fourth-order valence-electron chi connectivity index (χ4n) is 3.25. The first-order valence-electron chi connectivity index (χ1n) is 9.37. The quantitative estimate of drug-likeness (QED) is 0.715. The standard InChI is InChI=1S/C20H26FN5O/c1-3-4-6-20(23-24-20)7-5-19(27)22-15-16-12-17(21)14-18(13-16)26-10-8-25(2)9-11-26/h1,12-14H,4-11,15H2,2H3,(H,22,27). The average Bonchev–Trinajstić information content (AvgIpc) is 3.43. The monoisotopic (exact) mass is 371 g/mol. The molecule has 6 nitrogen and oxygen atoms in total. The van der Waals surface area contributed by atoms with Crippen molar-refractivity contribution in [2.75, 3.05) is 38.1 Å². The normalized spacial score (nSPS) is 18.2. The van der Waals surface area contributed by atoms with E-state index in [1.165, 1.54) is 6.07 Å². The summed E-state index contributed by atoms with van der Waals surface area (Å²) in [5, 5.41) is 10.9. The van der Waals surface area contributed by atoms with Gasteiger partial charge in [0.1, 0.15) is 5.82 Å². The first-order valence-corrected chi connectivity index (χ1v) is 9.37. The lowest BCUT2D eigenvalue weighted by molar-refractivity contribution is -0.121. The van der Waals surface area contributed by atoms with Crippen molar-refractivity contribution < 1.29 is 9.18 Å². The van der Waals surface area contributed by atoms with Gasteiger partial charge in [-0.25, -0.2) is 4.39 Å². The molecular weight excluding hydrogens is 345 g/mol. The van der Waals surface area contributed by atoms with Crippen molar-refractivity contribution in [3.63, 3.8) is 0 Å². The van der Waals surface area contributed by atoms with Crippen LogP contribution in [0.2, 0.25) is 0 Å². The predicted molar refractivity (Wildman–Crippen MR) is 103 cm³/mol. The first-order chi connectivity index (χ1) is 13.0. The Balaban J connectivity index is 1.49. The molecular formula is C20H26FN5O. The lowest BCUT2D eigenvalue weighted by Crippen LogP contribution is -2.44. The van der Waals surface area contributed by atoms with Gasteiger partial charge >= 0.3 is 0 Å². The molecule has 1 aromatic rings. The summed E-state index contributed by atoms with van der Waals surface area (Å²) in [6.45, 7) is 3.97. The summed E-state index contributed by atoms with van der Waals surface area (Å²) in [5.74, 6) is 2.21. The van der Waals surface area contributed by atoms with Crippen molar-refractivity contribution in [2.45, 2.75) is 37.9 Å². The molecule has 0 unspecified atom stereocenters. The molecule has 1 amide bonds. The number of hydrogen-bond donors (Lipinski definition) is 1. The third-order valence-electron chi connectivity index (χ3n) is 5.11. The second kappa shape index (κ2) is 8.49. The zero-order chi connectivity index (χ0) is 19.3. The van der Waals surface area contributed by atoms with Crippen LogP contribution in [0.5, 0.6) is 0 Å². The molecule has 27 heavy (non-hydrogen) atoms. The summed E-state index contributed by atoms with van der Waals surface area (Å²) in [5.41, 5.74) is 1.19. The molecule has 0 spiro atoms. The summed E-state index contributed by atoms with van der Waals surface area (Å²) in [6, 6.07) is 4.98. The van der Waals surface area contributed by atoms with Gasteiger partial charge in [0.05, 0.1) is 0 Å². The summed E-state index contributed by atoms with van der Waals surface area (Å²) in [6.07, 6.45) is 7.46. The van der Waals surface area contributed by atoms with E-state index in [0.717, 1.165) is 37.4 Å². The van der Waals surface area contributed by atoms with Gasteiger partial charge in [0.15, 0.2) is 5.66 Å². The summed E-state index contributed by atoms with van der Waals surface area (Å²) < 4.78 is 14.0. The minimum Gasteiger partial charge on any atom is -0.369 e. The maximum Gasteiger partial charge on any atom is 0.220 e. The smallest absolute Gasteiger partial charge is 0.220 e. The number of benzene rings is 1.